The van der Waals surface area contributed by atoms with E-state index in [9.17, 15) is 4.79 Å². The summed E-state index contributed by atoms with van der Waals surface area (Å²) < 4.78 is 5.26. The van der Waals surface area contributed by atoms with Crippen molar-refractivity contribution >= 4 is 11.7 Å². The van der Waals surface area contributed by atoms with E-state index in [4.69, 9.17) is 4.74 Å². The van der Waals surface area contributed by atoms with Crippen molar-refractivity contribution < 1.29 is 9.53 Å². The quantitative estimate of drug-likeness (QED) is 0.898. The number of morpholine rings is 1. The van der Waals surface area contributed by atoms with Crippen molar-refractivity contribution in [2.75, 3.05) is 31.6 Å². The number of carbonyl (C=O) groups excluding carboxylic acids is 1. The number of ether oxygens (including phenoxy) is 1. The number of anilines is 1. The Hall–Kier alpha value is -1.69. The smallest absolute Gasteiger partial charge is 0.244 e. The van der Waals surface area contributed by atoms with Gasteiger partial charge in [-0.3, -0.25) is 4.79 Å². The van der Waals surface area contributed by atoms with E-state index in [0.717, 1.165) is 5.82 Å². The number of aromatic nitrogens is 2. The lowest BCUT2D eigenvalue weighted by atomic mass is 10.2. The van der Waals surface area contributed by atoms with Crippen LogP contribution in [0.3, 0.4) is 0 Å². The van der Waals surface area contributed by atoms with Gasteiger partial charge in [0.2, 0.25) is 5.91 Å². The summed E-state index contributed by atoms with van der Waals surface area (Å²) in [5, 5.41) is 3.15. The van der Waals surface area contributed by atoms with E-state index < -0.39 is 0 Å². The zero-order valence-corrected chi connectivity index (χ0v) is 12.3. The largest absolute Gasteiger partial charge is 0.378 e. The number of nitrogens with zero attached hydrogens (tertiary/aromatic N) is 3. The van der Waals surface area contributed by atoms with Crippen LogP contribution in [-0.4, -0.2) is 53.1 Å². The lowest BCUT2D eigenvalue weighted by molar-refractivity contribution is -0.135. The first-order valence-corrected chi connectivity index (χ1v) is 7.04. The van der Waals surface area contributed by atoms with Crippen LogP contribution in [-0.2, 0) is 9.53 Å². The summed E-state index contributed by atoms with van der Waals surface area (Å²) in [6.45, 7) is 8.49. The van der Waals surface area contributed by atoms with E-state index in [2.05, 4.69) is 15.3 Å². The van der Waals surface area contributed by atoms with Gasteiger partial charge in [-0.15, -0.1) is 0 Å². The molecule has 0 aliphatic carbocycles. The molecule has 1 amide bonds. The Kier molecular flexibility index (Phi) is 4.89. The highest BCUT2D eigenvalue weighted by atomic mass is 16.5. The van der Waals surface area contributed by atoms with Gasteiger partial charge in [0.15, 0.2) is 0 Å². The van der Waals surface area contributed by atoms with Gasteiger partial charge < -0.3 is 15.0 Å². The van der Waals surface area contributed by atoms with E-state index in [1.165, 1.54) is 0 Å². The molecule has 1 atom stereocenters. The van der Waals surface area contributed by atoms with Crippen molar-refractivity contribution in [3.63, 3.8) is 0 Å². The van der Waals surface area contributed by atoms with E-state index in [0.29, 0.717) is 32.1 Å². The molecule has 1 unspecified atom stereocenters. The van der Waals surface area contributed by atoms with Gasteiger partial charge in [0.05, 0.1) is 13.2 Å². The number of carbonyl (C=O) groups is 1. The summed E-state index contributed by atoms with van der Waals surface area (Å²) in [6, 6.07) is 1.48. The van der Waals surface area contributed by atoms with E-state index >= 15 is 0 Å². The molecule has 0 radical (unpaired) electrons. The molecule has 1 fully saturated rings. The van der Waals surface area contributed by atoms with Gasteiger partial charge in [0.1, 0.15) is 17.7 Å². The van der Waals surface area contributed by atoms with Gasteiger partial charge >= 0.3 is 0 Å². The molecule has 6 heteroatoms. The van der Waals surface area contributed by atoms with Gasteiger partial charge in [-0.1, -0.05) is 13.8 Å². The molecule has 6 nitrogen and oxygen atoms in total. The van der Waals surface area contributed by atoms with E-state index in [-0.39, 0.29) is 17.9 Å². The molecule has 2 heterocycles. The lowest BCUT2D eigenvalue weighted by Gasteiger charge is -2.29. The third-order valence-corrected chi connectivity index (χ3v) is 3.25. The summed E-state index contributed by atoms with van der Waals surface area (Å²) in [6.07, 6.45) is 1.72. The average Bonchev–Trinajstić information content (AvgIpc) is 2.47. The van der Waals surface area contributed by atoms with Crippen molar-refractivity contribution in [1.29, 1.82) is 0 Å². The predicted octanol–water partition coefficient (Wildman–Crippen LogP) is 1.26. The number of hydrogen-bond acceptors (Lipinski definition) is 5. The highest BCUT2D eigenvalue weighted by Crippen LogP contribution is 2.12. The molecule has 1 aliphatic heterocycles. The summed E-state index contributed by atoms with van der Waals surface area (Å²) >= 11 is 0. The summed E-state index contributed by atoms with van der Waals surface area (Å²) in [4.78, 5) is 22.8. The molecular weight excluding hydrogens is 256 g/mol. The van der Waals surface area contributed by atoms with Gasteiger partial charge in [-0.05, 0) is 13.0 Å². The Morgan fingerprint density at radius 3 is 2.70 bits per heavy atom. The second kappa shape index (κ2) is 6.65. The second-order valence-corrected chi connectivity index (χ2v) is 5.26. The molecule has 0 aromatic carbocycles. The monoisotopic (exact) mass is 278 g/mol. The minimum atomic E-state index is -0.303. The molecule has 20 heavy (non-hydrogen) atoms. The maximum atomic E-state index is 12.3. The van der Waals surface area contributed by atoms with Crippen molar-refractivity contribution in [3.8, 4) is 0 Å². The number of rotatable bonds is 4. The highest BCUT2D eigenvalue weighted by Gasteiger charge is 2.22. The highest BCUT2D eigenvalue weighted by molar-refractivity contribution is 5.84. The molecule has 1 saturated heterocycles. The van der Waals surface area contributed by atoms with Crippen LogP contribution in [0.15, 0.2) is 12.3 Å². The lowest BCUT2D eigenvalue weighted by Crippen LogP contribution is -2.47. The standard InChI is InChI=1S/C14H22N4O2/c1-10(2)13-15-5-4-12(17-13)16-11(3)14(19)18-6-8-20-9-7-18/h4-5,10-11H,6-9H2,1-3H3,(H,15,16,17). The van der Waals surface area contributed by atoms with Crippen LogP contribution >= 0.6 is 0 Å². The Morgan fingerprint density at radius 1 is 1.35 bits per heavy atom. The first-order valence-electron chi connectivity index (χ1n) is 7.04. The minimum Gasteiger partial charge on any atom is -0.378 e. The van der Waals surface area contributed by atoms with Crippen LogP contribution in [0.5, 0.6) is 0 Å². The van der Waals surface area contributed by atoms with E-state index in [1.807, 2.05) is 25.7 Å². The molecule has 1 aromatic rings. The average molecular weight is 278 g/mol. The molecule has 0 bridgehead atoms. The molecule has 110 valence electrons. The van der Waals surface area contributed by atoms with Crippen LogP contribution < -0.4 is 5.32 Å². The molecule has 2 rings (SSSR count). The van der Waals surface area contributed by atoms with Crippen molar-refractivity contribution in [1.82, 2.24) is 14.9 Å². The zero-order valence-electron chi connectivity index (χ0n) is 12.3. The van der Waals surface area contributed by atoms with Crippen LogP contribution in [0.25, 0.3) is 0 Å². The van der Waals surface area contributed by atoms with Crippen molar-refractivity contribution in [2.24, 2.45) is 0 Å². The second-order valence-electron chi connectivity index (χ2n) is 5.26. The van der Waals surface area contributed by atoms with Crippen molar-refractivity contribution in [3.05, 3.63) is 18.1 Å². The summed E-state index contributed by atoms with van der Waals surface area (Å²) in [5.74, 6) is 1.82. The predicted molar refractivity (Wildman–Crippen MR) is 76.6 cm³/mol. The minimum absolute atomic E-state index is 0.0815. The Bertz CT molecular complexity index is 458. The molecule has 0 saturated carbocycles. The summed E-state index contributed by atoms with van der Waals surface area (Å²) in [7, 11) is 0. The molecule has 1 aromatic heterocycles. The molecule has 0 spiro atoms. The maximum Gasteiger partial charge on any atom is 0.244 e. The zero-order chi connectivity index (χ0) is 14.5. The first kappa shape index (κ1) is 14.7. The Balaban J connectivity index is 1.97. The summed E-state index contributed by atoms with van der Waals surface area (Å²) in [5.41, 5.74) is 0. The van der Waals surface area contributed by atoms with Gasteiger partial charge in [-0.2, -0.15) is 0 Å². The SMILES string of the molecule is CC(Nc1ccnc(C(C)C)n1)C(=O)N1CCOCC1. The normalized spacial score (nSPS) is 17.1. The van der Waals surface area contributed by atoms with Gasteiger partial charge in [-0.25, -0.2) is 9.97 Å². The third kappa shape index (κ3) is 3.66. The Morgan fingerprint density at radius 2 is 2.05 bits per heavy atom. The van der Waals surface area contributed by atoms with Gasteiger partial charge in [0, 0.05) is 25.2 Å². The topological polar surface area (TPSA) is 67.4 Å². The Labute approximate surface area is 119 Å². The fourth-order valence-corrected chi connectivity index (χ4v) is 2.07. The fraction of sp³-hybridized carbons (Fsp3) is 0.643. The number of amides is 1. The van der Waals surface area contributed by atoms with Gasteiger partial charge in [0.25, 0.3) is 0 Å². The first-order chi connectivity index (χ1) is 9.58. The third-order valence-electron chi connectivity index (χ3n) is 3.25. The van der Waals surface area contributed by atoms with E-state index in [1.54, 1.807) is 12.3 Å². The fourth-order valence-electron chi connectivity index (χ4n) is 2.07. The van der Waals surface area contributed by atoms with Crippen LogP contribution in [0, 0.1) is 0 Å². The number of hydrogen-bond donors (Lipinski definition) is 1. The number of nitrogens with one attached hydrogen (secondary N) is 1. The molecular formula is C14H22N4O2. The van der Waals surface area contributed by atoms with Crippen LogP contribution in [0.1, 0.15) is 32.5 Å². The van der Waals surface area contributed by atoms with Crippen LogP contribution in [0.2, 0.25) is 0 Å². The van der Waals surface area contributed by atoms with Crippen molar-refractivity contribution in [2.45, 2.75) is 32.7 Å². The molecule has 1 aliphatic rings. The maximum absolute atomic E-state index is 12.3. The molecule has 1 N–H and O–H groups in total. The van der Waals surface area contributed by atoms with Crippen LogP contribution in [0.4, 0.5) is 5.82 Å².